The molecular formula is C28H47N3O10P2. The summed E-state index contributed by atoms with van der Waals surface area (Å²) in [7, 11) is -8.88. The van der Waals surface area contributed by atoms with Gasteiger partial charge in [0.05, 0.1) is 18.8 Å². The molecule has 0 aliphatic heterocycles. The number of hydrogen-bond acceptors (Lipinski definition) is 10. The first-order valence-corrected chi connectivity index (χ1v) is 17.6. The number of benzene rings is 2. The molecule has 0 aromatic heterocycles. The van der Waals surface area contributed by atoms with Crippen molar-refractivity contribution in [3.05, 3.63) is 58.7 Å². The monoisotopic (exact) mass is 647 g/mol. The molecular weight excluding hydrogens is 600 g/mol. The fourth-order valence-electron chi connectivity index (χ4n) is 4.88. The van der Waals surface area contributed by atoms with Gasteiger partial charge in [0.15, 0.2) is 0 Å². The number of nitrogens with zero attached hydrogens (tertiary/aromatic N) is 2. The number of aliphatic hydroxyl groups is 2. The summed E-state index contributed by atoms with van der Waals surface area (Å²) in [6.45, 7) is 4.35. The number of nitrogens with two attached hydrogens (primary N) is 1. The molecule has 2 atom stereocenters. The topological polar surface area (TPSA) is 217 Å². The number of para-hydroxylation sites is 2. The van der Waals surface area contributed by atoms with E-state index < -0.39 is 52.6 Å². The van der Waals surface area contributed by atoms with Crippen LogP contribution in [0, 0.1) is 0 Å². The number of rotatable bonds is 18. The highest BCUT2D eigenvalue weighted by atomic mass is 31.2. The van der Waals surface area contributed by atoms with Crippen molar-refractivity contribution in [2.75, 3.05) is 25.7 Å². The van der Waals surface area contributed by atoms with E-state index in [1.54, 1.807) is 56.0 Å². The summed E-state index contributed by atoms with van der Waals surface area (Å²) in [5.74, 6) is -0.362. The maximum atomic E-state index is 13.3. The Morgan fingerprint density at radius 2 is 1.35 bits per heavy atom. The van der Waals surface area contributed by atoms with E-state index in [-0.39, 0.29) is 42.3 Å². The van der Waals surface area contributed by atoms with E-state index >= 15 is 0 Å². The van der Waals surface area contributed by atoms with E-state index in [2.05, 4.69) is 0 Å². The Balaban J connectivity index is 2.56. The Morgan fingerprint density at radius 3 is 1.81 bits per heavy atom. The molecule has 0 bridgehead atoms. The molecule has 0 heterocycles. The van der Waals surface area contributed by atoms with Crippen molar-refractivity contribution in [2.24, 2.45) is 5.73 Å². The molecule has 2 aromatic rings. The van der Waals surface area contributed by atoms with Crippen molar-refractivity contribution >= 4 is 15.2 Å². The first kappa shape index (κ1) is 37.3. The van der Waals surface area contributed by atoms with Crippen LogP contribution in [0.25, 0.3) is 0 Å². The van der Waals surface area contributed by atoms with Gasteiger partial charge in [-0.15, -0.1) is 0 Å². The summed E-state index contributed by atoms with van der Waals surface area (Å²) in [6, 6.07) is 8.93. The van der Waals surface area contributed by atoms with Gasteiger partial charge in [-0.3, -0.25) is 18.9 Å². The highest BCUT2D eigenvalue weighted by Gasteiger charge is 2.34. The lowest BCUT2D eigenvalue weighted by Gasteiger charge is -2.37. The molecule has 0 saturated heterocycles. The maximum absolute atomic E-state index is 13.3. The van der Waals surface area contributed by atoms with Crippen LogP contribution in [0.15, 0.2) is 36.4 Å². The van der Waals surface area contributed by atoms with Crippen molar-refractivity contribution in [1.82, 2.24) is 9.80 Å². The van der Waals surface area contributed by atoms with Crippen LogP contribution < -0.4 is 5.73 Å². The zero-order valence-electron chi connectivity index (χ0n) is 25.0. The van der Waals surface area contributed by atoms with E-state index in [0.717, 1.165) is 0 Å². The van der Waals surface area contributed by atoms with E-state index in [9.17, 15) is 44.2 Å². The van der Waals surface area contributed by atoms with Gasteiger partial charge in [-0.2, -0.15) is 0 Å². The number of aromatic hydroxyl groups is 2. The molecule has 0 aliphatic carbocycles. The van der Waals surface area contributed by atoms with Crippen LogP contribution in [-0.4, -0.2) is 82.2 Å². The van der Waals surface area contributed by atoms with Crippen molar-refractivity contribution in [3.63, 3.8) is 0 Å². The fraction of sp³-hybridized carbons (Fsp3) is 0.571. The number of phenols is 2. The smallest absolute Gasteiger partial charge is 0.342 e. The third kappa shape index (κ3) is 13.0. The minimum Gasteiger partial charge on any atom is -0.507 e. The Labute approximate surface area is 253 Å². The van der Waals surface area contributed by atoms with Crippen LogP contribution in [0.3, 0.4) is 0 Å². The summed E-state index contributed by atoms with van der Waals surface area (Å²) in [6.07, 6.45) is 0.464. The van der Waals surface area contributed by atoms with Crippen molar-refractivity contribution in [1.29, 1.82) is 0 Å². The van der Waals surface area contributed by atoms with Gasteiger partial charge in [-0.05, 0) is 40.2 Å². The van der Waals surface area contributed by atoms with E-state index in [4.69, 9.17) is 10.3 Å². The summed E-state index contributed by atoms with van der Waals surface area (Å²) < 4.78 is 31.1. The Morgan fingerprint density at radius 1 is 0.837 bits per heavy atom. The van der Waals surface area contributed by atoms with Crippen LogP contribution in [0.2, 0.25) is 0 Å². The molecule has 15 heteroatoms. The predicted octanol–water partition coefficient (Wildman–Crippen LogP) is 2.98. The zero-order chi connectivity index (χ0) is 32.4. The second-order valence-electron chi connectivity index (χ2n) is 11.7. The molecule has 244 valence electrons. The van der Waals surface area contributed by atoms with E-state index in [0.29, 0.717) is 36.9 Å². The third-order valence-electron chi connectivity index (χ3n) is 6.65. The normalized spacial score (nSPS) is 14.8. The number of unbranched alkanes of at least 4 members (excludes halogenated alkanes) is 1. The van der Waals surface area contributed by atoms with E-state index in [1.165, 1.54) is 11.0 Å². The molecule has 2 aromatic carbocycles. The van der Waals surface area contributed by atoms with Crippen LogP contribution in [0.5, 0.6) is 11.5 Å². The molecule has 0 radical (unpaired) electrons. The molecule has 13 nitrogen and oxygen atoms in total. The van der Waals surface area contributed by atoms with Gasteiger partial charge in [-0.1, -0.05) is 42.8 Å². The second kappa shape index (κ2) is 16.5. The highest BCUT2D eigenvalue weighted by Crippen LogP contribution is 2.47. The van der Waals surface area contributed by atoms with Crippen LogP contribution in [0.1, 0.15) is 62.3 Å². The van der Waals surface area contributed by atoms with Gasteiger partial charge in [0, 0.05) is 47.9 Å². The summed E-state index contributed by atoms with van der Waals surface area (Å²) >= 11 is 0. The van der Waals surface area contributed by atoms with Gasteiger partial charge in [0.25, 0.3) is 0 Å². The minimum absolute atomic E-state index is 0.0197. The van der Waals surface area contributed by atoms with Crippen LogP contribution >= 0.6 is 15.2 Å². The first-order chi connectivity index (χ1) is 20.0. The highest BCUT2D eigenvalue weighted by molar-refractivity contribution is 7.52. The number of hydrogen-bond donors (Lipinski definition) is 8. The van der Waals surface area contributed by atoms with Gasteiger partial charge < -0.3 is 45.4 Å². The fourth-order valence-corrected chi connectivity index (χ4v) is 7.32. The largest absolute Gasteiger partial charge is 0.507 e. The second-order valence-corrected chi connectivity index (χ2v) is 15.0. The molecule has 2 unspecified atom stereocenters. The van der Waals surface area contributed by atoms with Gasteiger partial charge in [-0.25, -0.2) is 0 Å². The molecule has 0 saturated carbocycles. The molecule has 2 rings (SSSR count). The SMILES string of the molecule is CC(C)(C)OP(=O)(O)CN(Cc1cccc(CO)c1O)CC(CCCCN)N(Cc1cccc(CO)c1O)CP(=O)(O)O. The lowest BCUT2D eigenvalue weighted by molar-refractivity contribution is 0.0948. The standard InChI is InChI=1S/C28H47N3O10P2/c1-28(2,3)41-43(39,40)19-30(14-21-8-6-10-23(17-32)26(21)34)16-25(12-4-5-13-29)31(20-42(36,37)38)15-22-9-7-11-24(18-33)27(22)35/h6-11,25,32-35H,4-5,12-20,29H2,1-3H3,(H,39,40)(H2,36,37,38). The minimum atomic E-state index is -4.63. The van der Waals surface area contributed by atoms with Crippen molar-refractivity contribution < 1.29 is 48.8 Å². The Hall–Kier alpha value is -1.86. The lowest BCUT2D eigenvalue weighted by Crippen LogP contribution is -2.44. The van der Waals surface area contributed by atoms with Crippen LogP contribution in [-0.2, 0) is 40.0 Å². The van der Waals surface area contributed by atoms with Crippen molar-refractivity contribution in [2.45, 2.75) is 78.0 Å². The lowest BCUT2D eigenvalue weighted by atomic mass is 10.0. The molecule has 9 N–H and O–H groups in total. The quantitative estimate of drug-likeness (QED) is 0.0863. The zero-order valence-corrected chi connectivity index (χ0v) is 26.8. The average Bonchev–Trinajstić information content (AvgIpc) is 2.87. The summed E-state index contributed by atoms with van der Waals surface area (Å²) in [5, 5.41) is 40.7. The Kier molecular flexibility index (Phi) is 14.3. The Bertz CT molecular complexity index is 1270. The average molecular weight is 648 g/mol. The van der Waals surface area contributed by atoms with Crippen LogP contribution in [0.4, 0.5) is 0 Å². The van der Waals surface area contributed by atoms with Gasteiger partial charge in [0.1, 0.15) is 24.1 Å². The molecule has 0 spiro atoms. The van der Waals surface area contributed by atoms with Crippen molar-refractivity contribution in [3.8, 4) is 11.5 Å². The molecule has 43 heavy (non-hydrogen) atoms. The molecule has 0 amide bonds. The van der Waals surface area contributed by atoms with Gasteiger partial charge in [0.2, 0.25) is 0 Å². The molecule has 0 aliphatic rings. The van der Waals surface area contributed by atoms with Gasteiger partial charge >= 0.3 is 15.2 Å². The van der Waals surface area contributed by atoms with E-state index in [1.807, 2.05) is 0 Å². The predicted molar refractivity (Wildman–Crippen MR) is 163 cm³/mol. The number of aliphatic hydroxyl groups excluding tert-OH is 2. The maximum Gasteiger partial charge on any atom is 0.342 e. The molecule has 0 fully saturated rings. The summed E-state index contributed by atoms with van der Waals surface area (Å²) in [4.78, 5) is 33.9. The first-order valence-electron chi connectivity index (χ1n) is 14.0. The third-order valence-corrected chi connectivity index (χ3v) is 8.97. The summed E-state index contributed by atoms with van der Waals surface area (Å²) in [5.41, 5.74) is 6.02.